The molecule has 8 nitrogen and oxygen atoms in total. The lowest BCUT2D eigenvalue weighted by Crippen LogP contribution is -2.43. The second kappa shape index (κ2) is 11.2. The number of aromatic amines is 1. The highest BCUT2D eigenvalue weighted by Gasteiger charge is 2.36. The zero-order chi connectivity index (χ0) is 27.4. The molecule has 0 radical (unpaired) electrons. The Kier molecular flexibility index (Phi) is 7.54. The first-order chi connectivity index (χ1) is 18.8. The van der Waals surface area contributed by atoms with E-state index in [1.807, 2.05) is 69.3 Å². The summed E-state index contributed by atoms with van der Waals surface area (Å²) < 4.78 is 11.4. The fourth-order valence-electron chi connectivity index (χ4n) is 4.75. The molecule has 1 aliphatic rings. The molecule has 1 fully saturated rings. The van der Waals surface area contributed by atoms with E-state index in [1.54, 1.807) is 16.0 Å². The second-order valence-corrected chi connectivity index (χ2v) is 10.8. The van der Waals surface area contributed by atoms with Gasteiger partial charge in [-0.15, -0.1) is 0 Å². The number of nitrogens with zero attached hydrogens (tertiary/aromatic N) is 3. The van der Waals surface area contributed by atoms with Gasteiger partial charge < -0.3 is 19.4 Å². The van der Waals surface area contributed by atoms with E-state index in [0.717, 1.165) is 27.6 Å². The monoisotopic (exact) mass is 526 g/mol. The molecule has 1 saturated heterocycles. The van der Waals surface area contributed by atoms with Crippen molar-refractivity contribution >= 4 is 23.0 Å². The highest BCUT2D eigenvalue weighted by molar-refractivity contribution is 5.86. The number of hydrogen-bond acceptors (Lipinski definition) is 5. The molecule has 2 amide bonds. The predicted octanol–water partition coefficient (Wildman–Crippen LogP) is 6.55. The molecule has 8 heteroatoms. The Morgan fingerprint density at radius 3 is 2.46 bits per heavy atom. The van der Waals surface area contributed by atoms with Gasteiger partial charge in [-0.25, -0.2) is 14.6 Å². The lowest BCUT2D eigenvalue weighted by Gasteiger charge is -2.32. The number of benzene rings is 3. The summed E-state index contributed by atoms with van der Waals surface area (Å²) in [6.45, 7) is 6.83. The van der Waals surface area contributed by atoms with E-state index >= 15 is 0 Å². The number of carbonyl (C=O) groups is 2. The van der Waals surface area contributed by atoms with Gasteiger partial charge in [-0.05, 0) is 49.6 Å². The van der Waals surface area contributed by atoms with Crippen LogP contribution < -0.4 is 0 Å². The molecule has 4 aromatic rings. The van der Waals surface area contributed by atoms with Gasteiger partial charge in [-0.2, -0.15) is 0 Å². The Hall–Kier alpha value is -4.33. The molecule has 1 aliphatic heterocycles. The number of imidazole rings is 1. The molecule has 0 bridgehead atoms. The fourth-order valence-corrected chi connectivity index (χ4v) is 4.75. The van der Waals surface area contributed by atoms with Crippen LogP contribution in [-0.2, 0) is 16.1 Å². The smallest absolute Gasteiger partial charge is 0.410 e. The Morgan fingerprint density at radius 2 is 1.69 bits per heavy atom. The molecular formula is C31H34N4O4. The number of rotatable bonds is 4. The number of H-pyrrole nitrogens is 1. The van der Waals surface area contributed by atoms with Crippen molar-refractivity contribution in [2.75, 3.05) is 19.6 Å². The van der Waals surface area contributed by atoms with E-state index in [9.17, 15) is 9.59 Å². The van der Waals surface area contributed by atoms with Crippen LogP contribution in [0, 0.1) is 0 Å². The van der Waals surface area contributed by atoms with Crippen molar-refractivity contribution in [3.8, 4) is 11.3 Å². The summed E-state index contributed by atoms with van der Waals surface area (Å²) in [5.41, 5.74) is 2.09. The Labute approximate surface area is 228 Å². The third-order valence-electron chi connectivity index (χ3n) is 6.66. The Balaban J connectivity index is 1.40. The third kappa shape index (κ3) is 6.39. The van der Waals surface area contributed by atoms with Crippen molar-refractivity contribution in [3.05, 3.63) is 90.4 Å². The number of fused-ring (bicyclic) bond motifs is 1. The number of nitrogens with one attached hydrogen (secondary N) is 1. The normalized spacial score (nSPS) is 16.1. The highest BCUT2D eigenvalue weighted by atomic mass is 16.6. The Morgan fingerprint density at radius 1 is 0.949 bits per heavy atom. The van der Waals surface area contributed by atoms with Gasteiger partial charge in [0.15, 0.2) is 0 Å². The van der Waals surface area contributed by atoms with Crippen LogP contribution in [0.2, 0.25) is 0 Å². The zero-order valence-corrected chi connectivity index (χ0v) is 22.6. The van der Waals surface area contributed by atoms with E-state index in [1.165, 1.54) is 0 Å². The summed E-state index contributed by atoms with van der Waals surface area (Å²) in [5, 5.41) is 2.29. The minimum atomic E-state index is -0.651. The standard InChI is InChI=1S/C31H34N4O4/c1-31(2,3)39-30(37)35-17-9-16-34(29(36)38-21-22-10-5-4-6-11-22)20-27(35)28-32-19-26(33-28)25-15-14-23-12-7-8-13-24(23)18-25/h4-8,10-15,18-19,27H,9,16-17,20-21H2,1-3H3,(H,32,33). The second-order valence-electron chi connectivity index (χ2n) is 10.8. The summed E-state index contributed by atoms with van der Waals surface area (Å²) in [7, 11) is 0. The third-order valence-corrected chi connectivity index (χ3v) is 6.66. The molecule has 3 aromatic carbocycles. The zero-order valence-electron chi connectivity index (χ0n) is 22.6. The molecule has 1 N–H and O–H groups in total. The topological polar surface area (TPSA) is 87.8 Å². The van der Waals surface area contributed by atoms with E-state index in [2.05, 4.69) is 34.2 Å². The largest absolute Gasteiger partial charge is 0.445 e. The van der Waals surface area contributed by atoms with E-state index in [4.69, 9.17) is 9.47 Å². The molecule has 1 unspecified atom stereocenters. The highest BCUT2D eigenvalue weighted by Crippen LogP contribution is 2.29. The molecule has 0 saturated carbocycles. The Bertz CT molecular complexity index is 1440. The number of carbonyl (C=O) groups excluding carboxylic acids is 2. The SMILES string of the molecule is CC(C)(C)OC(=O)N1CCCN(C(=O)OCc2ccccc2)CC1c1ncc(-c2ccc3ccccc3c2)[nH]1. The van der Waals surface area contributed by atoms with Gasteiger partial charge in [0.2, 0.25) is 0 Å². The first-order valence-electron chi connectivity index (χ1n) is 13.3. The van der Waals surface area contributed by atoms with Crippen molar-refractivity contribution in [2.24, 2.45) is 0 Å². The molecule has 202 valence electrons. The number of hydrogen-bond donors (Lipinski definition) is 1. The first kappa shape index (κ1) is 26.3. The molecule has 1 aromatic heterocycles. The van der Waals surface area contributed by atoms with Crippen molar-refractivity contribution in [2.45, 2.75) is 45.4 Å². The lowest BCUT2D eigenvalue weighted by molar-refractivity contribution is 0.0146. The van der Waals surface area contributed by atoms with Crippen molar-refractivity contribution in [1.82, 2.24) is 19.8 Å². The predicted molar refractivity (Wildman–Crippen MR) is 150 cm³/mol. The summed E-state index contributed by atoms with van der Waals surface area (Å²) in [6, 6.07) is 23.5. The van der Waals surface area contributed by atoms with Crippen LogP contribution in [0.4, 0.5) is 9.59 Å². The molecule has 39 heavy (non-hydrogen) atoms. The molecule has 1 atom stereocenters. The number of amides is 2. The lowest BCUT2D eigenvalue weighted by atomic mass is 10.1. The van der Waals surface area contributed by atoms with Crippen molar-refractivity contribution in [1.29, 1.82) is 0 Å². The molecular weight excluding hydrogens is 492 g/mol. The van der Waals surface area contributed by atoms with Gasteiger partial charge in [-0.3, -0.25) is 4.90 Å². The summed E-state index contributed by atoms with van der Waals surface area (Å²) in [5.74, 6) is 0.590. The first-order valence-corrected chi connectivity index (χ1v) is 13.3. The summed E-state index contributed by atoms with van der Waals surface area (Å²) in [6.07, 6.45) is 1.51. The quantitative estimate of drug-likeness (QED) is 0.326. The average molecular weight is 527 g/mol. The van der Waals surface area contributed by atoms with E-state index in [-0.39, 0.29) is 13.2 Å². The van der Waals surface area contributed by atoms with Crippen LogP contribution in [0.5, 0.6) is 0 Å². The van der Waals surface area contributed by atoms with Crippen LogP contribution in [0.25, 0.3) is 22.0 Å². The number of ether oxygens (including phenoxy) is 2. The summed E-state index contributed by atoms with van der Waals surface area (Å²) >= 11 is 0. The van der Waals surface area contributed by atoms with Crippen molar-refractivity contribution in [3.63, 3.8) is 0 Å². The van der Waals surface area contributed by atoms with Gasteiger partial charge in [0, 0.05) is 18.7 Å². The molecule has 0 spiro atoms. The fraction of sp³-hybridized carbons (Fsp3) is 0.323. The maximum absolute atomic E-state index is 13.3. The van der Waals surface area contributed by atoms with Gasteiger partial charge in [0.1, 0.15) is 24.1 Å². The minimum Gasteiger partial charge on any atom is -0.445 e. The maximum atomic E-state index is 13.3. The molecule has 5 rings (SSSR count). The minimum absolute atomic E-state index is 0.184. The van der Waals surface area contributed by atoms with Crippen molar-refractivity contribution < 1.29 is 19.1 Å². The van der Waals surface area contributed by atoms with Gasteiger partial charge in [-0.1, -0.05) is 66.7 Å². The van der Waals surface area contributed by atoms with Gasteiger partial charge in [0.05, 0.1) is 18.4 Å². The van der Waals surface area contributed by atoms with Gasteiger partial charge in [0.25, 0.3) is 0 Å². The van der Waals surface area contributed by atoms with Gasteiger partial charge >= 0.3 is 12.2 Å². The molecule has 2 heterocycles. The van der Waals surface area contributed by atoms with Crippen LogP contribution in [0.1, 0.15) is 44.6 Å². The van der Waals surface area contributed by atoms with Crippen LogP contribution in [0.15, 0.2) is 79.0 Å². The van der Waals surface area contributed by atoms with Crippen LogP contribution >= 0.6 is 0 Å². The van der Waals surface area contributed by atoms with Crippen LogP contribution in [0.3, 0.4) is 0 Å². The maximum Gasteiger partial charge on any atom is 0.410 e. The van der Waals surface area contributed by atoms with Crippen LogP contribution in [-0.4, -0.2) is 57.2 Å². The van der Waals surface area contributed by atoms with E-state index in [0.29, 0.717) is 25.3 Å². The average Bonchev–Trinajstić information content (AvgIpc) is 3.30. The summed E-state index contributed by atoms with van der Waals surface area (Å²) in [4.78, 5) is 37.8. The molecule has 0 aliphatic carbocycles. The van der Waals surface area contributed by atoms with E-state index < -0.39 is 23.8 Å². The number of aromatic nitrogens is 2.